The standard InChI is InChI=1S/C19H19FN4O3/c1-12(25)21-14-5-7-15(8-6-14)22-19(27)23-16-10-18(26)24(11-16)17-4-2-3-13(20)9-17/h2-9,16H,10-11H2,1H3,(H,21,25)(H2,22,23,27)/t16-/m1/s1. The van der Waals surface area contributed by atoms with Gasteiger partial charge in [0.05, 0.1) is 6.04 Å². The van der Waals surface area contributed by atoms with Gasteiger partial charge in [0.25, 0.3) is 0 Å². The van der Waals surface area contributed by atoms with Crippen LogP contribution in [0.2, 0.25) is 0 Å². The molecule has 7 nitrogen and oxygen atoms in total. The first kappa shape index (κ1) is 18.4. The second-order valence-electron chi connectivity index (χ2n) is 6.24. The van der Waals surface area contributed by atoms with Crippen LogP contribution in [0.4, 0.5) is 26.2 Å². The zero-order chi connectivity index (χ0) is 19.4. The first-order valence-electron chi connectivity index (χ1n) is 8.42. The van der Waals surface area contributed by atoms with Gasteiger partial charge in [-0.3, -0.25) is 9.59 Å². The van der Waals surface area contributed by atoms with Crippen LogP contribution in [0.1, 0.15) is 13.3 Å². The Labute approximate surface area is 155 Å². The van der Waals surface area contributed by atoms with E-state index in [1.54, 1.807) is 30.3 Å². The molecule has 2 aromatic rings. The number of carbonyl (C=O) groups excluding carboxylic acids is 3. The van der Waals surface area contributed by atoms with Crippen molar-refractivity contribution >= 4 is 34.9 Å². The van der Waals surface area contributed by atoms with Gasteiger partial charge in [0.15, 0.2) is 0 Å². The smallest absolute Gasteiger partial charge is 0.319 e. The van der Waals surface area contributed by atoms with Crippen molar-refractivity contribution in [3.05, 3.63) is 54.3 Å². The van der Waals surface area contributed by atoms with Crippen LogP contribution in [0.5, 0.6) is 0 Å². The summed E-state index contributed by atoms with van der Waals surface area (Å²) >= 11 is 0. The number of halogens is 1. The highest BCUT2D eigenvalue weighted by Crippen LogP contribution is 2.22. The SMILES string of the molecule is CC(=O)Nc1ccc(NC(=O)N[C@@H]2CC(=O)N(c3cccc(F)c3)C2)cc1. The predicted octanol–water partition coefficient (Wildman–Crippen LogP) is 2.71. The molecule has 140 valence electrons. The number of urea groups is 1. The Morgan fingerprint density at radius 1 is 1.07 bits per heavy atom. The molecule has 1 aliphatic heterocycles. The molecule has 0 spiro atoms. The highest BCUT2D eigenvalue weighted by Gasteiger charge is 2.31. The monoisotopic (exact) mass is 370 g/mol. The average Bonchev–Trinajstić information content (AvgIpc) is 2.96. The fourth-order valence-corrected chi connectivity index (χ4v) is 2.89. The summed E-state index contributed by atoms with van der Waals surface area (Å²) in [5, 5.41) is 8.05. The summed E-state index contributed by atoms with van der Waals surface area (Å²) in [5.41, 5.74) is 1.65. The highest BCUT2D eigenvalue weighted by atomic mass is 19.1. The van der Waals surface area contributed by atoms with Gasteiger partial charge >= 0.3 is 6.03 Å². The van der Waals surface area contributed by atoms with Crippen LogP contribution < -0.4 is 20.9 Å². The molecule has 27 heavy (non-hydrogen) atoms. The Morgan fingerprint density at radius 2 is 1.74 bits per heavy atom. The van der Waals surface area contributed by atoms with E-state index in [0.29, 0.717) is 17.1 Å². The zero-order valence-electron chi connectivity index (χ0n) is 14.7. The summed E-state index contributed by atoms with van der Waals surface area (Å²) in [5.74, 6) is -0.773. The minimum Gasteiger partial charge on any atom is -0.333 e. The van der Waals surface area contributed by atoms with Crippen LogP contribution in [0.3, 0.4) is 0 Å². The number of carbonyl (C=O) groups is 3. The summed E-state index contributed by atoms with van der Waals surface area (Å²) in [6.07, 6.45) is 0.144. The number of rotatable bonds is 4. The topological polar surface area (TPSA) is 90.5 Å². The number of benzene rings is 2. The molecule has 2 aromatic carbocycles. The Balaban J connectivity index is 1.55. The van der Waals surface area contributed by atoms with Gasteiger partial charge in [-0.2, -0.15) is 0 Å². The zero-order valence-corrected chi connectivity index (χ0v) is 14.7. The van der Waals surface area contributed by atoms with Gasteiger partial charge < -0.3 is 20.9 Å². The van der Waals surface area contributed by atoms with E-state index in [1.165, 1.54) is 30.0 Å². The van der Waals surface area contributed by atoms with Crippen molar-refractivity contribution < 1.29 is 18.8 Å². The van der Waals surface area contributed by atoms with Crippen LogP contribution in [0.15, 0.2) is 48.5 Å². The third-order valence-corrected chi connectivity index (χ3v) is 4.04. The molecule has 0 radical (unpaired) electrons. The Morgan fingerprint density at radius 3 is 2.37 bits per heavy atom. The lowest BCUT2D eigenvalue weighted by Crippen LogP contribution is -2.39. The molecule has 0 bridgehead atoms. The Hall–Kier alpha value is -3.42. The lowest BCUT2D eigenvalue weighted by molar-refractivity contribution is -0.117. The fourth-order valence-electron chi connectivity index (χ4n) is 2.89. The number of hydrogen-bond donors (Lipinski definition) is 3. The van der Waals surface area contributed by atoms with Crippen LogP contribution in [0.25, 0.3) is 0 Å². The van der Waals surface area contributed by atoms with Crippen molar-refractivity contribution in [3.63, 3.8) is 0 Å². The lowest BCUT2D eigenvalue weighted by atomic mass is 10.2. The number of amides is 4. The van der Waals surface area contributed by atoms with Gasteiger partial charge in [-0.15, -0.1) is 0 Å². The molecule has 3 N–H and O–H groups in total. The maximum absolute atomic E-state index is 13.4. The molecule has 1 fully saturated rings. The summed E-state index contributed by atoms with van der Waals surface area (Å²) in [6, 6.07) is 11.6. The lowest BCUT2D eigenvalue weighted by Gasteiger charge is -2.17. The molecule has 8 heteroatoms. The van der Waals surface area contributed by atoms with Gasteiger partial charge in [-0.1, -0.05) is 6.07 Å². The van der Waals surface area contributed by atoms with Gasteiger partial charge in [0.1, 0.15) is 5.82 Å². The molecule has 1 saturated heterocycles. The fraction of sp³-hybridized carbons (Fsp3) is 0.211. The second-order valence-corrected chi connectivity index (χ2v) is 6.24. The molecule has 1 heterocycles. The second kappa shape index (κ2) is 7.86. The summed E-state index contributed by atoms with van der Waals surface area (Å²) < 4.78 is 13.4. The highest BCUT2D eigenvalue weighted by molar-refractivity contribution is 5.97. The maximum atomic E-state index is 13.4. The van der Waals surface area contributed by atoms with E-state index in [0.717, 1.165) is 0 Å². The maximum Gasteiger partial charge on any atom is 0.319 e. The van der Waals surface area contributed by atoms with E-state index in [-0.39, 0.29) is 30.8 Å². The molecule has 1 atom stereocenters. The van der Waals surface area contributed by atoms with Crippen LogP contribution in [-0.2, 0) is 9.59 Å². The molecule has 1 aliphatic rings. The van der Waals surface area contributed by atoms with Gasteiger partial charge in [0.2, 0.25) is 11.8 Å². The summed E-state index contributed by atoms with van der Waals surface area (Å²) in [4.78, 5) is 36.8. The number of hydrogen-bond acceptors (Lipinski definition) is 3. The molecule has 4 amide bonds. The van der Waals surface area contributed by atoms with Crippen molar-refractivity contribution in [2.45, 2.75) is 19.4 Å². The summed E-state index contributed by atoms with van der Waals surface area (Å²) in [6.45, 7) is 1.69. The normalized spacial score (nSPS) is 16.1. The van der Waals surface area contributed by atoms with Crippen LogP contribution >= 0.6 is 0 Å². The summed E-state index contributed by atoms with van der Waals surface area (Å²) in [7, 11) is 0. The van der Waals surface area contributed by atoms with E-state index < -0.39 is 11.8 Å². The van der Waals surface area contributed by atoms with Crippen molar-refractivity contribution in [1.29, 1.82) is 0 Å². The Bertz CT molecular complexity index is 870. The first-order valence-corrected chi connectivity index (χ1v) is 8.42. The number of anilines is 3. The Kier molecular flexibility index (Phi) is 5.35. The van der Waals surface area contributed by atoms with Crippen LogP contribution in [0, 0.1) is 5.82 Å². The van der Waals surface area contributed by atoms with Gasteiger partial charge in [-0.05, 0) is 42.5 Å². The quantitative estimate of drug-likeness (QED) is 0.773. The third-order valence-electron chi connectivity index (χ3n) is 4.04. The van der Waals surface area contributed by atoms with Crippen molar-refractivity contribution in [1.82, 2.24) is 5.32 Å². The molecular weight excluding hydrogens is 351 g/mol. The van der Waals surface area contributed by atoms with E-state index >= 15 is 0 Å². The molecule has 0 unspecified atom stereocenters. The predicted molar refractivity (Wildman–Crippen MR) is 100 cm³/mol. The van der Waals surface area contributed by atoms with Gasteiger partial charge in [0, 0.05) is 37.0 Å². The first-order chi connectivity index (χ1) is 12.9. The van der Waals surface area contributed by atoms with E-state index in [4.69, 9.17) is 0 Å². The van der Waals surface area contributed by atoms with E-state index in [9.17, 15) is 18.8 Å². The van der Waals surface area contributed by atoms with Crippen LogP contribution in [-0.4, -0.2) is 30.4 Å². The van der Waals surface area contributed by atoms with E-state index in [2.05, 4.69) is 16.0 Å². The molecule has 0 saturated carbocycles. The molecular formula is C19H19FN4O3. The minimum atomic E-state index is -0.443. The van der Waals surface area contributed by atoms with Crippen molar-refractivity contribution in [2.24, 2.45) is 0 Å². The largest absolute Gasteiger partial charge is 0.333 e. The number of nitrogens with one attached hydrogen (secondary N) is 3. The van der Waals surface area contributed by atoms with E-state index in [1.807, 2.05) is 0 Å². The average molecular weight is 370 g/mol. The molecule has 0 aromatic heterocycles. The molecule has 0 aliphatic carbocycles. The van der Waals surface area contributed by atoms with Gasteiger partial charge in [-0.25, -0.2) is 9.18 Å². The minimum absolute atomic E-state index is 0.144. The van der Waals surface area contributed by atoms with Crippen molar-refractivity contribution in [2.75, 3.05) is 22.1 Å². The van der Waals surface area contributed by atoms with Crippen molar-refractivity contribution in [3.8, 4) is 0 Å². The third kappa shape index (κ3) is 4.81. The number of nitrogens with zero attached hydrogens (tertiary/aromatic N) is 1. The molecule has 3 rings (SSSR count).